The van der Waals surface area contributed by atoms with Crippen LogP contribution in [0, 0.1) is 0 Å². The van der Waals surface area contributed by atoms with Crippen molar-refractivity contribution in [3.63, 3.8) is 0 Å². The molecule has 0 bridgehead atoms. The maximum Gasteiger partial charge on any atom is 0.261 e. The SMILES string of the molecule is Nc1nc2c([C@H]3C[C@H](O)[C@@H](CO)O3)scc2c(=O)[nH]1. The number of aliphatic hydroxyl groups excluding tert-OH is 2. The van der Waals surface area contributed by atoms with Crippen molar-refractivity contribution in [1.82, 2.24) is 9.97 Å². The molecule has 102 valence electrons. The van der Waals surface area contributed by atoms with Crippen molar-refractivity contribution < 1.29 is 14.9 Å². The van der Waals surface area contributed by atoms with Gasteiger partial charge in [-0.15, -0.1) is 11.3 Å². The van der Waals surface area contributed by atoms with E-state index >= 15 is 0 Å². The Bertz CT molecular complexity index is 667. The summed E-state index contributed by atoms with van der Waals surface area (Å²) in [7, 11) is 0. The summed E-state index contributed by atoms with van der Waals surface area (Å²) in [6.45, 7) is -0.239. The second-order valence-corrected chi connectivity index (χ2v) is 5.37. The summed E-state index contributed by atoms with van der Waals surface area (Å²) in [6, 6.07) is 0. The number of aromatic nitrogens is 2. The number of nitrogen functional groups attached to an aromatic ring is 1. The van der Waals surface area contributed by atoms with Crippen molar-refractivity contribution in [1.29, 1.82) is 0 Å². The number of rotatable bonds is 2. The van der Waals surface area contributed by atoms with Gasteiger partial charge in [-0.05, 0) is 0 Å². The molecule has 5 N–H and O–H groups in total. The molecule has 0 unspecified atom stereocenters. The van der Waals surface area contributed by atoms with Crippen LogP contribution in [-0.4, -0.2) is 39.0 Å². The molecular weight excluding hydrogens is 270 g/mol. The van der Waals surface area contributed by atoms with Crippen LogP contribution >= 0.6 is 11.3 Å². The molecule has 8 heteroatoms. The minimum absolute atomic E-state index is 0.0504. The van der Waals surface area contributed by atoms with Gasteiger partial charge in [0.1, 0.15) is 6.10 Å². The average Bonchev–Trinajstić information content (AvgIpc) is 2.92. The van der Waals surface area contributed by atoms with Crippen molar-refractivity contribution in [2.75, 3.05) is 12.3 Å². The highest BCUT2D eigenvalue weighted by atomic mass is 32.1. The van der Waals surface area contributed by atoms with Gasteiger partial charge in [0.2, 0.25) is 5.95 Å². The highest BCUT2D eigenvalue weighted by Crippen LogP contribution is 2.38. The van der Waals surface area contributed by atoms with Crippen molar-refractivity contribution in [2.45, 2.75) is 24.7 Å². The van der Waals surface area contributed by atoms with Gasteiger partial charge in [-0.3, -0.25) is 9.78 Å². The number of anilines is 1. The minimum atomic E-state index is -0.716. The Morgan fingerprint density at radius 2 is 2.42 bits per heavy atom. The van der Waals surface area contributed by atoms with E-state index in [0.29, 0.717) is 17.3 Å². The van der Waals surface area contributed by atoms with Gasteiger partial charge in [0, 0.05) is 11.8 Å². The van der Waals surface area contributed by atoms with Crippen LogP contribution in [0.15, 0.2) is 10.2 Å². The Balaban J connectivity index is 2.05. The zero-order valence-corrected chi connectivity index (χ0v) is 10.7. The molecule has 1 aliphatic heterocycles. The van der Waals surface area contributed by atoms with Crippen LogP contribution < -0.4 is 11.3 Å². The smallest absolute Gasteiger partial charge is 0.261 e. The average molecular weight is 283 g/mol. The van der Waals surface area contributed by atoms with Gasteiger partial charge in [-0.2, -0.15) is 0 Å². The lowest BCUT2D eigenvalue weighted by molar-refractivity contribution is -0.0214. The molecule has 19 heavy (non-hydrogen) atoms. The molecule has 0 saturated carbocycles. The van der Waals surface area contributed by atoms with Crippen LogP contribution in [0.2, 0.25) is 0 Å². The van der Waals surface area contributed by atoms with Gasteiger partial charge in [0.25, 0.3) is 5.56 Å². The van der Waals surface area contributed by atoms with Crippen LogP contribution in [0.3, 0.4) is 0 Å². The van der Waals surface area contributed by atoms with E-state index < -0.39 is 12.2 Å². The molecule has 0 aliphatic carbocycles. The molecule has 7 nitrogen and oxygen atoms in total. The number of nitrogens with one attached hydrogen (secondary N) is 1. The molecule has 0 aromatic carbocycles. The fourth-order valence-corrected chi connectivity index (χ4v) is 3.30. The van der Waals surface area contributed by atoms with E-state index in [0.717, 1.165) is 4.88 Å². The fourth-order valence-electron chi connectivity index (χ4n) is 2.27. The van der Waals surface area contributed by atoms with E-state index in [4.69, 9.17) is 15.6 Å². The molecule has 2 aromatic heterocycles. The first-order valence-corrected chi connectivity index (χ1v) is 6.69. The molecule has 0 radical (unpaired) electrons. The summed E-state index contributed by atoms with van der Waals surface area (Å²) in [5.41, 5.74) is 5.75. The monoisotopic (exact) mass is 283 g/mol. The summed E-state index contributed by atoms with van der Waals surface area (Å²) in [4.78, 5) is 19.0. The van der Waals surface area contributed by atoms with Gasteiger partial charge in [0.15, 0.2) is 0 Å². The second-order valence-electron chi connectivity index (χ2n) is 4.46. The number of nitrogens with two attached hydrogens (primary N) is 1. The van der Waals surface area contributed by atoms with E-state index in [1.165, 1.54) is 11.3 Å². The summed E-state index contributed by atoms with van der Waals surface area (Å²) < 4.78 is 5.57. The van der Waals surface area contributed by atoms with Crippen LogP contribution in [0.4, 0.5) is 5.95 Å². The molecule has 0 amide bonds. The maximum atomic E-state index is 11.7. The molecule has 1 fully saturated rings. The summed E-state index contributed by atoms with van der Waals surface area (Å²) in [5.74, 6) is 0.0504. The van der Waals surface area contributed by atoms with Gasteiger partial charge >= 0.3 is 0 Å². The third-order valence-corrected chi connectivity index (χ3v) is 4.27. The number of H-pyrrole nitrogens is 1. The van der Waals surface area contributed by atoms with Gasteiger partial charge in [0.05, 0.1) is 34.6 Å². The summed E-state index contributed by atoms with van der Waals surface area (Å²) >= 11 is 1.34. The zero-order valence-electron chi connectivity index (χ0n) is 9.87. The molecular formula is C11H13N3O4S. The Morgan fingerprint density at radius 3 is 3.11 bits per heavy atom. The van der Waals surface area contributed by atoms with Crippen LogP contribution in [0.5, 0.6) is 0 Å². The fraction of sp³-hybridized carbons (Fsp3) is 0.455. The molecule has 0 spiro atoms. The van der Waals surface area contributed by atoms with E-state index in [9.17, 15) is 9.90 Å². The summed E-state index contributed by atoms with van der Waals surface area (Å²) in [5, 5.41) is 21.0. The number of thiophene rings is 1. The molecule has 1 aliphatic rings. The predicted molar refractivity (Wildman–Crippen MR) is 70.0 cm³/mol. The quantitative estimate of drug-likeness (QED) is 0.603. The standard InChI is InChI=1S/C11H13N3O4S/c12-11-13-8-4(10(17)14-11)3-19-9(8)6-1-5(16)7(2-15)18-6/h3,5-7,15-16H,1-2H2,(H3,12,13,14,17)/t5-,6+,7+/m0/s1. The number of fused-ring (bicyclic) bond motifs is 1. The first-order chi connectivity index (χ1) is 9.10. The number of hydrogen-bond acceptors (Lipinski definition) is 7. The van der Waals surface area contributed by atoms with Crippen LogP contribution in [0.1, 0.15) is 17.4 Å². The van der Waals surface area contributed by atoms with E-state index in [1.807, 2.05) is 0 Å². The topological polar surface area (TPSA) is 121 Å². The number of hydrogen-bond donors (Lipinski definition) is 4. The van der Waals surface area contributed by atoms with Gasteiger partial charge in [-0.1, -0.05) is 0 Å². The lowest BCUT2D eigenvalue weighted by Crippen LogP contribution is -2.24. The predicted octanol–water partition coefficient (Wildman–Crippen LogP) is -0.250. The Kier molecular flexibility index (Phi) is 3.02. The van der Waals surface area contributed by atoms with Crippen LogP contribution in [-0.2, 0) is 4.74 Å². The Morgan fingerprint density at radius 1 is 1.63 bits per heavy atom. The minimum Gasteiger partial charge on any atom is -0.394 e. The van der Waals surface area contributed by atoms with Crippen molar-refractivity contribution in [3.8, 4) is 0 Å². The van der Waals surface area contributed by atoms with Gasteiger partial charge in [-0.25, -0.2) is 4.98 Å². The number of aliphatic hydroxyl groups is 2. The third kappa shape index (κ3) is 2.02. The first kappa shape index (κ1) is 12.5. The van der Waals surface area contributed by atoms with Crippen LogP contribution in [0.25, 0.3) is 10.9 Å². The van der Waals surface area contributed by atoms with Crippen molar-refractivity contribution in [3.05, 3.63) is 20.6 Å². The van der Waals surface area contributed by atoms with Gasteiger partial charge < -0.3 is 20.7 Å². The highest BCUT2D eigenvalue weighted by Gasteiger charge is 2.36. The number of aromatic amines is 1. The zero-order chi connectivity index (χ0) is 13.6. The maximum absolute atomic E-state index is 11.7. The second kappa shape index (κ2) is 4.57. The third-order valence-electron chi connectivity index (χ3n) is 3.21. The lowest BCUT2D eigenvalue weighted by Gasteiger charge is -2.10. The molecule has 1 saturated heterocycles. The van der Waals surface area contributed by atoms with Crippen molar-refractivity contribution >= 4 is 28.2 Å². The summed E-state index contributed by atoms with van der Waals surface area (Å²) in [6.07, 6.45) is -1.31. The molecule has 2 aromatic rings. The Hall–Kier alpha value is -1.48. The van der Waals surface area contributed by atoms with E-state index in [-0.39, 0.29) is 24.2 Å². The molecule has 3 rings (SSSR count). The molecule has 3 atom stereocenters. The molecule has 3 heterocycles. The van der Waals surface area contributed by atoms with E-state index in [2.05, 4.69) is 9.97 Å². The number of nitrogens with zero attached hydrogens (tertiary/aromatic N) is 1. The largest absolute Gasteiger partial charge is 0.394 e. The Labute approximate surface area is 111 Å². The van der Waals surface area contributed by atoms with E-state index in [1.54, 1.807) is 5.38 Å². The van der Waals surface area contributed by atoms with Crippen molar-refractivity contribution in [2.24, 2.45) is 0 Å². The highest BCUT2D eigenvalue weighted by molar-refractivity contribution is 7.11. The lowest BCUT2D eigenvalue weighted by atomic mass is 10.1. The first-order valence-electron chi connectivity index (χ1n) is 5.81. The normalized spacial score (nSPS) is 27.2. The number of ether oxygens (including phenoxy) is 1.